The van der Waals surface area contributed by atoms with Crippen molar-refractivity contribution < 1.29 is 0 Å². The third-order valence-electron chi connectivity index (χ3n) is 2.42. The molecule has 0 amide bonds. The van der Waals surface area contributed by atoms with E-state index in [9.17, 15) is 0 Å². The Morgan fingerprint density at radius 3 is 3.00 bits per heavy atom. The number of nitrogen functional groups attached to an aromatic ring is 1. The number of aromatic nitrogens is 1. The molecule has 0 saturated heterocycles. The molecule has 2 aromatic heterocycles. The number of hydrogen-bond donors (Lipinski definition) is 2. The monoisotopic (exact) mass is 233 g/mol. The van der Waals surface area contributed by atoms with Crippen molar-refractivity contribution in [1.82, 2.24) is 4.98 Å². The number of rotatable bonds is 4. The molecular weight excluding hydrogens is 218 g/mol. The van der Waals surface area contributed by atoms with Crippen LogP contribution < -0.4 is 11.1 Å². The highest BCUT2D eigenvalue weighted by Gasteiger charge is 2.09. The van der Waals surface area contributed by atoms with Gasteiger partial charge >= 0.3 is 0 Å². The largest absolute Gasteiger partial charge is 0.384 e. The summed E-state index contributed by atoms with van der Waals surface area (Å²) in [6, 6.07) is 8.37. The van der Waals surface area contributed by atoms with Crippen LogP contribution in [0.2, 0.25) is 0 Å². The number of hydrogen-bond acceptors (Lipinski definition) is 4. The molecule has 16 heavy (non-hydrogen) atoms. The van der Waals surface area contributed by atoms with E-state index in [-0.39, 0.29) is 0 Å². The molecule has 3 nitrogen and oxygen atoms in total. The molecule has 0 bridgehead atoms. The first-order valence-electron chi connectivity index (χ1n) is 5.31. The van der Waals surface area contributed by atoms with Gasteiger partial charge in [0.1, 0.15) is 5.82 Å². The Morgan fingerprint density at radius 1 is 1.50 bits per heavy atom. The van der Waals surface area contributed by atoms with Gasteiger partial charge in [-0.1, -0.05) is 13.0 Å². The molecule has 0 fully saturated rings. The molecule has 1 atom stereocenters. The van der Waals surface area contributed by atoms with E-state index in [2.05, 4.69) is 34.7 Å². The highest BCUT2D eigenvalue weighted by molar-refractivity contribution is 7.10. The van der Waals surface area contributed by atoms with E-state index in [4.69, 9.17) is 5.73 Å². The minimum atomic E-state index is 0.349. The second-order valence-electron chi connectivity index (χ2n) is 3.59. The van der Waals surface area contributed by atoms with Crippen LogP contribution in [0, 0.1) is 0 Å². The van der Waals surface area contributed by atoms with Gasteiger partial charge in [-0.2, -0.15) is 0 Å². The Morgan fingerprint density at radius 2 is 2.38 bits per heavy atom. The van der Waals surface area contributed by atoms with Crippen molar-refractivity contribution in [3.8, 4) is 0 Å². The topological polar surface area (TPSA) is 50.9 Å². The Labute approximate surface area is 99.3 Å². The van der Waals surface area contributed by atoms with Crippen LogP contribution in [0.25, 0.3) is 0 Å². The summed E-state index contributed by atoms with van der Waals surface area (Å²) in [7, 11) is 0. The van der Waals surface area contributed by atoms with Crippen LogP contribution in [-0.4, -0.2) is 4.98 Å². The van der Waals surface area contributed by atoms with E-state index in [0.717, 1.165) is 12.1 Å². The molecule has 0 aliphatic rings. The summed E-state index contributed by atoms with van der Waals surface area (Å²) in [4.78, 5) is 5.32. The maximum Gasteiger partial charge on any atom is 0.125 e. The van der Waals surface area contributed by atoms with Gasteiger partial charge in [-0.15, -0.1) is 11.3 Å². The summed E-state index contributed by atoms with van der Waals surface area (Å²) in [5, 5.41) is 5.56. The fraction of sp³-hybridized carbons (Fsp3) is 0.250. The summed E-state index contributed by atoms with van der Waals surface area (Å²) in [6.45, 7) is 2.17. The molecule has 0 aromatic carbocycles. The highest BCUT2D eigenvalue weighted by atomic mass is 32.1. The summed E-state index contributed by atoms with van der Waals surface area (Å²) in [6.07, 6.45) is 2.77. The van der Waals surface area contributed by atoms with Gasteiger partial charge in [0.25, 0.3) is 0 Å². The Hall–Kier alpha value is -1.55. The molecule has 84 valence electrons. The molecule has 0 saturated carbocycles. The standard InChI is InChI=1S/C12H15N3S/c1-2-10(11-4-3-7-16-11)15-9-5-6-14-12(13)8-9/h3-8,10H,2H2,1H3,(H3,13,14,15). The van der Waals surface area contributed by atoms with E-state index in [1.807, 2.05) is 12.1 Å². The zero-order valence-corrected chi connectivity index (χ0v) is 10.00. The minimum Gasteiger partial charge on any atom is -0.384 e. The second kappa shape index (κ2) is 4.99. The lowest BCUT2D eigenvalue weighted by Crippen LogP contribution is -2.08. The number of anilines is 2. The van der Waals surface area contributed by atoms with Crippen molar-refractivity contribution in [2.75, 3.05) is 11.1 Å². The minimum absolute atomic E-state index is 0.349. The second-order valence-corrected chi connectivity index (χ2v) is 4.57. The molecule has 0 aliphatic heterocycles. The molecule has 2 aromatic rings. The van der Waals surface area contributed by atoms with Crippen LogP contribution in [0.15, 0.2) is 35.8 Å². The van der Waals surface area contributed by atoms with Crippen molar-refractivity contribution >= 4 is 22.8 Å². The molecule has 0 spiro atoms. The van der Waals surface area contributed by atoms with Gasteiger partial charge < -0.3 is 11.1 Å². The lowest BCUT2D eigenvalue weighted by Gasteiger charge is -2.16. The molecule has 0 aliphatic carbocycles. The summed E-state index contributed by atoms with van der Waals surface area (Å²) in [5.74, 6) is 0.547. The van der Waals surface area contributed by atoms with Gasteiger partial charge in [0.2, 0.25) is 0 Å². The van der Waals surface area contributed by atoms with Crippen LogP contribution in [0.4, 0.5) is 11.5 Å². The van der Waals surface area contributed by atoms with Crippen molar-refractivity contribution in [1.29, 1.82) is 0 Å². The summed E-state index contributed by atoms with van der Waals surface area (Å²) >= 11 is 1.77. The quantitative estimate of drug-likeness (QED) is 0.852. The van der Waals surface area contributed by atoms with E-state index in [0.29, 0.717) is 11.9 Å². The molecule has 4 heteroatoms. The van der Waals surface area contributed by atoms with Gasteiger partial charge in [-0.25, -0.2) is 4.98 Å². The van der Waals surface area contributed by atoms with Crippen molar-refractivity contribution in [3.05, 3.63) is 40.7 Å². The fourth-order valence-corrected chi connectivity index (χ4v) is 2.46. The van der Waals surface area contributed by atoms with Crippen LogP contribution in [0.3, 0.4) is 0 Å². The van der Waals surface area contributed by atoms with Crippen molar-refractivity contribution in [2.24, 2.45) is 0 Å². The van der Waals surface area contributed by atoms with Crippen molar-refractivity contribution in [2.45, 2.75) is 19.4 Å². The molecule has 0 radical (unpaired) electrons. The first-order chi connectivity index (χ1) is 7.79. The molecular formula is C12H15N3S. The first-order valence-corrected chi connectivity index (χ1v) is 6.19. The maximum atomic E-state index is 5.65. The molecule has 2 rings (SSSR count). The van der Waals surface area contributed by atoms with Gasteiger partial charge in [-0.3, -0.25) is 0 Å². The number of pyridine rings is 1. The van der Waals surface area contributed by atoms with E-state index < -0.39 is 0 Å². The molecule has 2 heterocycles. The number of nitrogens with zero attached hydrogens (tertiary/aromatic N) is 1. The Kier molecular flexibility index (Phi) is 3.41. The van der Waals surface area contributed by atoms with Crippen LogP contribution in [0.5, 0.6) is 0 Å². The molecule has 3 N–H and O–H groups in total. The number of nitrogens with two attached hydrogens (primary N) is 1. The van der Waals surface area contributed by atoms with Gasteiger partial charge in [0.15, 0.2) is 0 Å². The predicted molar refractivity (Wildman–Crippen MR) is 69.6 cm³/mol. The van der Waals surface area contributed by atoms with Crippen molar-refractivity contribution in [3.63, 3.8) is 0 Å². The van der Waals surface area contributed by atoms with Crippen LogP contribution >= 0.6 is 11.3 Å². The van der Waals surface area contributed by atoms with E-state index >= 15 is 0 Å². The van der Waals surface area contributed by atoms with Crippen LogP contribution in [-0.2, 0) is 0 Å². The third-order valence-corrected chi connectivity index (χ3v) is 3.40. The normalized spacial score (nSPS) is 12.3. The van der Waals surface area contributed by atoms with Gasteiger partial charge in [0, 0.05) is 22.8 Å². The fourth-order valence-electron chi connectivity index (χ4n) is 1.60. The highest BCUT2D eigenvalue weighted by Crippen LogP contribution is 2.26. The number of thiophene rings is 1. The Bertz CT molecular complexity index is 439. The van der Waals surface area contributed by atoms with E-state index in [1.165, 1.54) is 4.88 Å². The SMILES string of the molecule is CCC(Nc1ccnc(N)c1)c1cccs1. The lowest BCUT2D eigenvalue weighted by molar-refractivity contribution is 0.764. The van der Waals surface area contributed by atoms with Crippen LogP contribution in [0.1, 0.15) is 24.3 Å². The van der Waals surface area contributed by atoms with Gasteiger partial charge in [-0.05, 0) is 23.9 Å². The summed E-state index contributed by atoms with van der Waals surface area (Å²) < 4.78 is 0. The lowest BCUT2D eigenvalue weighted by atomic mass is 10.2. The smallest absolute Gasteiger partial charge is 0.125 e. The Balaban J connectivity index is 2.13. The number of nitrogens with one attached hydrogen (secondary N) is 1. The average Bonchev–Trinajstić information content (AvgIpc) is 2.79. The van der Waals surface area contributed by atoms with Gasteiger partial charge in [0.05, 0.1) is 6.04 Å². The average molecular weight is 233 g/mol. The maximum absolute atomic E-state index is 5.65. The first kappa shape index (κ1) is 11.0. The summed E-state index contributed by atoms with van der Waals surface area (Å²) in [5.41, 5.74) is 6.67. The van der Waals surface area contributed by atoms with E-state index in [1.54, 1.807) is 17.5 Å². The third kappa shape index (κ3) is 2.52. The predicted octanol–water partition coefficient (Wildman–Crippen LogP) is 3.29. The zero-order chi connectivity index (χ0) is 11.4. The zero-order valence-electron chi connectivity index (χ0n) is 9.18. The molecule has 1 unspecified atom stereocenters.